The maximum atomic E-state index is 10.2. The zero-order valence-corrected chi connectivity index (χ0v) is 21.2. The summed E-state index contributed by atoms with van der Waals surface area (Å²) >= 11 is 0. The molecule has 0 N–H and O–H groups in total. The van der Waals surface area contributed by atoms with Crippen molar-refractivity contribution in [2.75, 3.05) is 0 Å². The fourth-order valence-electron chi connectivity index (χ4n) is 7.78. The van der Waals surface area contributed by atoms with E-state index in [2.05, 4.69) is 19.9 Å². The molecule has 3 saturated carbocycles. The lowest BCUT2D eigenvalue weighted by Gasteiger charge is -2.50. The van der Waals surface area contributed by atoms with Crippen molar-refractivity contribution in [3.05, 3.63) is 0 Å². The topological polar surface area (TPSA) is 23.8 Å². The Morgan fingerprint density at radius 1 is 0.677 bits per heavy atom. The van der Waals surface area contributed by atoms with E-state index in [9.17, 15) is 5.26 Å². The average molecular weight is 428 g/mol. The third kappa shape index (κ3) is 7.24. The maximum absolute atomic E-state index is 10.2. The van der Waals surface area contributed by atoms with Gasteiger partial charge in [0, 0.05) is 0 Å². The van der Waals surface area contributed by atoms with E-state index in [0.29, 0.717) is 0 Å². The molecule has 3 aliphatic carbocycles. The minimum absolute atomic E-state index is 0.0549. The van der Waals surface area contributed by atoms with Crippen LogP contribution in [-0.4, -0.2) is 0 Å². The quantitative estimate of drug-likeness (QED) is 0.284. The molecule has 0 heterocycles. The molecule has 0 saturated heterocycles. The Balaban J connectivity index is 1.40. The first kappa shape index (κ1) is 25.1. The van der Waals surface area contributed by atoms with Crippen LogP contribution < -0.4 is 0 Å². The molecular formula is C30H53N. The first-order chi connectivity index (χ1) is 15.2. The van der Waals surface area contributed by atoms with Gasteiger partial charge < -0.3 is 0 Å². The van der Waals surface area contributed by atoms with Crippen LogP contribution in [0.25, 0.3) is 0 Å². The second-order valence-corrected chi connectivity index (χ2v) is 12.0. The van der Waals surface area contributed by atoms with Gasteiger partial charge in [-0.05, 0) is 74.5 Å². The van der Waals surface area contributed by atoms with Gasteiger partial charge >= 0.3 is 0 Å². The predicted molar refractivity (Wildman–Crippen MR) is 134 cm³/mol. The summed E-state index contributed by atoms with van der Waals surface area (Å²) in [5.41, 5.74) is 0.0549. The van der Waals surface area contributed by atoms with Crippen LogP contribution in [0.4, 0.5) is 0 Å². The Morgan fingerprint density at radius 2 is 1.29 bits per heavy atom. The van der Waals surface area contributed by atoms with Gasteiger partial charge in [-0.3, -0.25) is 0 Å². The number of rotatable bonds is 12. The molecule has 31 heavy (non-hydrogen) atoms. The molecule has 0 aromatic carbocycles. The number of nitrogens with zero attached hydrogens (tertiary/aromatic N) is 1. The highest BCUT2D eigenvalue weighted by atomic mass is 14.5. The summed E-state index contributed by atoms with van der Waals surface area (Å²) in [6, 6.07) is 2.92. The molecule has 3 fully saturated rings. The summed E-state index contributed by atoms with van der Waals surface area (Å²) in [5.74, 6) is 4.53. The van der Waals surface area contributed by atoms with Crippen molar-refractivity contribution in [2.24, 2.45) is 35.0 Å². The molecule has 0 amide bonds. The molecule has 4 atom stereocenters. The van der Waals surface area contributed by atoms with Gasteiger partial charge in [0.1, 0.15) is 0 Å². The van der Waals surface area contributed by atoms with Gasteiger partial charge in [-0.1, -0.05) is 104 Å². The van der Waals surface area contributed by atoms with E-state index in [1.54, 1.807) is 0 Å². The average Bonchev–Trinajstić information content (AvgIpc) is 2.81. The minimum Gasteiger partial charge on any atom is -0.198 e. The molecule has 0 aromatic heterocycles. The number of fused-ring (bicyclic) bond motifs is 1. The number of hydrogen-bond donors (Lipinski definition) is 0. The lowest BCUT2D eigenvalue weighted by atomic mass is 9.53. The molecule has 0 spiro atoms. The Morgan fingerprint density at radius 3 is 1.97 bits per heavy atom. The normalized spacial score (nSPS) is 36.0. The molecular weight excluding hydrogens is 374 g/mol. The number of hydrogen-bond acceptors (Lipinski definition) is 1. The zero-order valence-electron chi connectivity index (χ0n) is 21.2. The van der Waals surface area contributed by atoms with Crippen molar-refractivity contribution in [3.8, 4) is 6.07 Å². The first-order valence-corrected chi connectivity index (χ1v) is 14.6. The van der Waals surface area contributed by atoms with Gasteiger partial charge in [-0.15, -0.1) is 0 Å². The molecule has 1 heteroatoms. The second-order valence-electron chi connectivity index (χ2n) is 12.0. The van der Waals surface area contributed by atoms with Crippen LogP contribution in [0.5, 0.6) is 0 Å². The van der Waals surface area contributed by atoms with E-state index in [1.165, 1.54) is 135 Å². The maximum Gasteiger partial charge on any atom is 0.0692 e. The van der Waals surface area contributed by atoms with E-state index in [4.69, 9.17) is 0 Å². The van der Waals surface area contributed by atoms with Gasteiger partial charge in [0.05, 0.1) is 11.5 Å². The standard InChI is InChI=1S/C30H53N/c1-3-5-7-9-11-13-26-16-19-29-22-28(20-21-30(29,23-26)24-31)27-17-14-25(15-18-27)12-10-8-6-4-2/h25-29H,3-23H2,1-2H3. The van der Waals surface area contributed by atoms with E-state index in [-0.39, 0.29) is 5.41 Å². The predicted octanol–water partition coefficient (Wildman–Crippen LogP) is 9.85. The molecule has 0 aromatic rings. The van der Waals surface area contributed by atoms with Crippen molar-refractivity contribution in [1.29, 1.82) is 5.26 Å². The van der Waals surface area contributed by atoms with Gasteiger partial charge in [0.2, 0.25) is 0 Å². The van der Waals surface area contributed by atoms with Crippen LogP contribution in [0.2, 0.25) is 0 Å². The number of unbranched alkanes of at least 4 members (excludes halogenated alkanes) is 7. The molecule has 178 valence electrons. The van der Waals surface area contributed by atoms with E-state index < -0.39 is 0 Å². The highest BCUT2D eigenvalue weighted by Gasteiger charge is 2.48. The van der Waals surface area contributed by atoms with E-state index >= 15 is 0 Å². The summed E-state index contributed by atoms with van der Waals surface area (Å²) in [6.07, 6.45) is 29.6. The molecule has 0 bridgehead atoms. The Labute approximate surface area is 195 Å². The molecule has 3 aliphatic rings. The fraction of sp³-hybridized carbons (Fsp3) is 0.967. The van der Waals surface area contributed by atoms with Crippen molar-refractivity contribution in [2.45, 2.75) is 149 Å². The van der Waals surface area contributed by atoms with Gasteiger partial charge in [-0.2, -0.15) is 5.26 Å². The largest absolute Gasteiger partial charge is 0.198 e. The lowest BCUT2D eigenvalue weighted by Crippen LogP contribution is -2.42. The smallest absolute Gasteiger partial charge is 0.0692 e. The van der Waals surface area contributed by atoms with Crippen LogP contribution in [0.15, 0.2) is 0 Å². The molecule has 0 aliphatic heterocycles. The third-order valence-corrected chi connectivity index (χ3v) is 9.87. The van der Waals surface area contributed by atoms with Crippen LogP contribution in [-0.2, 0) is 0 Å². The van der Waals surface area contributed by atoms with Crippen LogP contribution in [0, 0.1) is 46.3 Å². The molecule has 4 unspecified atom stereocenters. The van der Waals surface area contributed by atoms with Crippen molar-refractivity contribution in [3.63, 3.8) is 0 Å². The monoisotopic (exact) mass is 427 g/mol. The summed E-state index contributed by atoms with van der Waals surface area (Å²) < 4.78 is 0. The van der Waals surface area contributed by atoms with Gasteiger partial charge in [0.15, 0.2) is 0 Å². The number of nitriles is 1. The SMILES string of the molecule is CCCCCCCC1CCC2CC(C3CCC(CCCCCC)CC3)CCC2(C#N)C1. The van der Waals surface area contributed by atoms with Crippen molar-refractivity contribution in [1.82, 2.24) is 0 Å². The molecule has 3 rings (SSSR count). The summed E-state index contributed by atoms with van der Waals surface area (Å²) in [4.78, 5) is 0. The molecule has 1 nitrogen and oxygen atoms in total. The third-order valence-electron chi connectivity index (χ3n) is 9.87. The van der Waals surface area contributed by atoms with E-state index in [0.717, 1.165) is 29.6 Å². The van der Waals surface area contributed by atoms with Crippen LogP contribution in [0.3, 0.4) is 0 Å². The lowest BCUT2D eigenvalue weighted by molar-refractivity contribution is 0.0146. The van der Waals surface area contributed by atoms with Gasteiger partial charge in [-0.25, -0.2) is 0 Å². The fourth-order valence-corrected chi connectivity index (χ4v) is 7.78. The van der Waals surface area contributed by atoms with Crippen LogP contribution >= 0.6 is 0 Å². The van der Waals surface area contributed by atoms with Crippen molar-refractivity contribution < 1.29 is 0 Å². The summed E-state index contributed by atoms with van der Waals surface area (Å²) in [7, 11) is 0. The Hall–Kier alpha value is -0.510. The first-order valence-electron chi connectivity index (χ1n) is 14.6. The van der Waals surface area contributed by atoms with Gasteiger partial charge in [0.25, 0.3) is 0 Å². The summed E-state index contributed by atoms with van der Waals surface area (Å²) in [6.45, 7) is 4.62. The Kier molecular flexibility index (Phi) is 10.7. The minimum atomic E-state index is 0.0549. The Bertz CT molecular complexity index is 525. The van der Waals surface area contributed by atoms with Crippen molar-refractivity contribution >= 4 is 0 Å². The highest BCUT2D eigenvalue weighted by Crippen LogP contribution is 2.56. The van der Waals surface area contributed by atoms with Crippen LogP contribution in [0.1, 0.15) is 149 Å². The molecule has 0 radical (unpaired) electrons. The zero-order chi connectivity index (χ0) is 21.9. The van der Waals surface area contributed by atoms with E-state index in [1.807, 2.05) is 0 Å². The summed E-state index contributed by atoms with van der Waals surface area (Å²) in [5, 5.41) is 10.2. The highest BCUT2D eigenvalue weighted by molar-refractivity contribution is 5.09. The second kappa shape index (κ2) is 13.3.